The highest BCUT2D eigenvalue weighted by molar-refractivity contribution is 7.90. The topological polar surface area (TPSA) is 46.2 Å². The van der Waals surface area contributed by atoms with E-state index in [1.807, 2.05) is 13.1 Å². The third-order valence-electron chi connectivity index (χ3n) is 3.20. The van der Waals surface area contributed by atoms with Gasteiger partial charge in [-0.3, -0.25) is 0 Å². The van der Waals surface area contributed by atoms with E-state index in [2.05, 4.69) is 5.32 Å². The summed E-state index contributed by atoms with van der Waals surface area (Å²) in [6, 6.07) is 6.85. The van der Waals surface area contributed by atoms with Crippen molar-refractivity contribution < 1.29 is 12.8 Å². The van der Waals surface area contributed by atoms with Crippen LogP contribution in [0.25, 0.3) is 10.1 Å². The monoisotopic (exact) mass is 315 g/mol. The van der Waals surface area contributed by atoms with Gasteiger partial charge in [-0.25, -0.2) is 12.8 Å². The second-order valence-corrected chi connectivity index (χ2v) is 8.32. The quantitative estimate of drug-likeness (QED) is 0.891. The number of rotatable bonds is 6. The molecule has 1 unspecified atom stereocenters. The number of halogens is 1. The lowest BCUT2D eigenvalue weighted by atomic mass is 10.1. The Labute approximate surface area is 122 Å². The van der Waals surface area contributed by atoms with Crippen molar-refractivity contribution in [2.24, 2.45) is 0 Å². The molecule has 0 aliphatic heterocycles. The van der Waals surface area contributed by atoms with Crippen molar-refractivity contribution >= 4 is 31.3 Å². The molecule has 0 aliphatic rings. The lowest BCUT2D eigenvalue weighted by Crippen LogP contribution is -2.16. The predicted octanol–water partition coefficient (Wildman–Crippen LogP) is 3.13. The Balaban J connectivity index is 2.13. The summed E-state index contributed by atoms with van der Waals surface area (Å²) in [5.41, 5.74) is 0. The molecule has 1 N–H and O–H groups in total. The molecule has 0 radical (unpaired) electrons. The van der Waals surface area contributed by atoms with E-state index in [4.69, 9.17) is 0 Å². The molecule has 110 valence electrons. The van der Waals surface area contributed by atoms with Crippen LogP contribution in [0.3, 0.4) is 0 Å². The van der Waals surface area contributed by atoms with Crippen molar-refractivity contribution in [1.82, 2.24) is 5.32 Å². The van der Waals surface area contributed by atoms with Crippen molar-refractivity contribution in [2.45, 2.75) is 18.9 Å². The van der Waals surface area contributed by atoms with Crippen molar-refractivity contribution in [3.63, 3.8) is 0 Å². The van der Waals surface area contributed by atoms with Crippen LogP contribution < -0.4 is 5.32 Å². The Morgan fingerprint density at radius 2 is 2.10 bits per heavy atom. The molecule has 0 spiro atoms. The van der Waals surface area contributed by atoms with Crippen LogP contribution in [-0.2, 0) is 9.84 Å². The Morgan fingerprint density at radius 1 is 1.35 bits per heavy atom. The van der Waals surface area contributed by atoms with E-state index in [9.17, 15) is 12.8 Å². The molecule has 0 bridgehead atoms. The number of sulfone groups is 1. The molecule has 0 amide bonds. The van der Waals surface area contributed by atoms with Gasteiger partial charge < -0.3 is 5.32 Å². The second kappa shape index (κ2) is 6.20. The number of hydrogen-bond acceptors (Lipinski definition) is 4. The minimum Gasteiger partial charge on any atom is -0.312 e. The first-order valence-electron chi connectivity index (χ1n) is 6.43. The molecule has 1 heterocycles. The van der Waals surface area contributed by atoms with Gasteiger partial charge in [0.2, 0.25) is 0 Å². The number of thiophene rings is 1. The highest BCUT2D eigenvalue weighted by Crippen LogP contribution is 2.32. The average molecular weight is 315 g/mol. The van der Waals surface area contributed by atoms with Crippen molar-refractivity contribution in [1.29, 1.82) is 0 Å². The summed E-state index contributed by atoms with van der Waals surface area (Å²) in [6.45, 7) is 0. The average Bonchev–Trinajstić information content (AvgIpc) is 2.75. The SMILES string of the molecule is CNC(CCCS(C)(=O)=O)c1cc2cc(F)ccc2s1. The maximum atomic E-state index is 13.2. The number of benzene rings is 1. The largest absolute Gasteiger partial charge is 0.312 e. The molecule has 6 heteroatoms. The van der Waals surface area contributed by atoms with E-state index < -0.39 is 9.84 Å². The van der Waals surface area contributed by atoms with Crippen LogP contribution in [0.15, 0.2) is 24.3 Å². The normalized spacial score (nSPS) is 13.8. The summed E-state index contributed by atoms with van der Waals surface area (Å²) >= 11 is 1.62. The summed E-state index contributed by atoms with van der Waals surface area (Å²) in [4.78, 5) is 1.11. The van der Waals surface area contributed by atoms with Crippen molar-refractivity contribution in [3.8, 4) is 0 Å². The molecule has 0 saturated carbocycles. The van der Waals surface area contributed by atoms with Gasteiger partial charge in [0.25, 0.3) is 0 Å². The maximum Gasteiger partial charge on any atom is 0.147 e. The van der Waals surface area contributed by atoms with Gasteiger partial charge >= 0.3 is 0 Å². The first-order chi connectivity index (χ1) is 9.39. The van der Waals surface area contributed by atoms with Gasteiger partial charge in [-0.05, 0) is 49.5 Å². The van der Waals surface area contributed by atoms with Gasteiger partial charge in [0.1, 0.15) is 15.7 Å². The van der Waals surface area contributed by atoms with Crippen LogP contribution in [0, 0.1) is 5.82 Å². The van der Waals surface area contributed by atoms with Gasteiger partial charge in [-0.1, -0.05) is 0 Å². The van der Waals surface area contributed by atoms with Gasteiger partial charge in [0.15, 0.2) is 0 Å². The number of fused-ring (bicyclic) bond motifs is 1. The molecule has 2 rings (SSSR count). The van der Waals surface area contributed by atoms with Crippen molar-refractivity contribution in [3.05, 3.63) is 35.0 Å². The van der Waals surface area contributed by atoms with E-state index in [0.29, 0.717) is 6.42 Å². The van der Waals surface area contributed by atoms with Gasteiger partial charge in [-0.2, -0.15) is 0 Å². The van der Waals surface area contributed by atoms with E-state index in [1.165, 1.54) is 18.4 Å². The third-order valence-corrected chi connectivity index (χ3v) is 5.46. The zero-order valence-electron chi connectivity index (χ0n) is 11.5. The van der Waals surface area contributed by atoms with E-state index in [-0.39, 0.29) is 17.6 Å². The standard InChI is InChI=1S/C14H18FNO2S2/c1-16-12(4-3-7-20(2,17)18)14-9-10-8-11(15)5-6-13(10)19-14/h5-6,8-9,12,16H,3-4,7H2,1-2H3. The smallest absolute Gasteiger partial charge is 0.147 e. The zero-order chi connectivity index (χ0) is 14.8. The summed E-state index contributed by atoms with van der Waals surface area (Å²) in [6.07, 6.45) is 2.62. The Morgan fingerprint density at radius 3 is 2.75 bits per heavy atom. The molecular weight excluding hydrogens is 297 g/mol. The molecule has 0 saturated heterocycles. The number of hydrogen-bond donors (Lipinski definition) is 1. The Bertz CT molecular complexity index is 694. The molecule has 1 aromatic heterocycles. The predicted molar refractivity (Wildman–Crippen MR) is 82.5 cm³/mol. The van der Waals surface area contributed by atoms with Crippen LogP contribution in [0.4, 0.5) is 4.39 Å². The first kappa shape index (κ1) is 15.4. The highest BCUT2D eigenvalue weighted by atomic mass is 32.2. The fraction of sp³-hybridized carbons (Fsp3) is 0.429. The van der Waals surface area contributed by atoms with Crippen LogP contribution in [0.2, 0.25) is 0 Å². The van der Waals surface area contributed by atoms with Gasteiger partial charge in [0, 0.05) is 27.6 Å². The number of nitrogens with one attached hydrogen (secondary N) is 1. The summed E-state index contributed by atoms with van der Waals surface area (Å²) < 4.78 is 36.5. The van der Waals surface area contributed by atoms with E-state index >= 15 is 0 Å². The van der Waals surface area contributed by atoms with E-state index in [1.54, 1.807) is 17.4 Å². The lowest BCUT2D eigenvalue weighted by Gasteiger charge is -2.13. The fourth-order valence-corrected chi connectivity index (χ4v) is 4.07. The summed E-state index contributed by atoms with van der Waals surface area (Å²) in [5, 5.41) is 4.10. The van der Waals surface area contributed by atoms with Crippen LogP contribution in [0.1, 0.15) is 23.8 Å². The summed E-state index contributed by atoms with van der Waals surface area (Å²) in [7, 11) is -1.06. The molecule has 0 aliphatic carbocycles. The lowest BCUT2D eigenvalue weighted by molar-refractivity contribution is 0.543. The molecular formula is C14H18FNO2S2. The third kappa shape index (κ3) is 4.01. The highest BCUT2D eigenvalue weighted by Gasteiger charge is 2.14. The summed E-state index contributed by atoms with van der Waals surface area (Å²) in [5.74, 6) is -0.0371. The van der Waals surface area contributed by atoms with Gasteiger partial charge in [-0.15, -0.1) is 11.3 Å². The zero-order valence-corrected chi connectivity index (χ0v) is 13.2. The van der Waals surface area contributed by atoms with Crippen LogP contribution in [-0.4, -0.2) is 27.5 Å². The molecule has 1 atom stereocenters. The molecule has 1 aromatic carbocycles. The Kier molecular flexibility index (Phi) is 4.78. The maximum absolute atomic E-state index is 13.2. The fourth-order valence-electron chi connectivity index (χ4n) is 2.18. The minimum absolute atomic E-state index is 0.109. The van der Waals surface area contributed by atoms with E-state index in [0.717, 1.165) is 21.4 Å². The molecule has 20 heavy (non-hydrogen) atoms. The van der Waals surface area contributed by atoms with Crippen LogP contribution in [0.5, 0.6) is 0 Å². The van der Waals surface area contributed by atoms with Crippen LogP contribution >= 0.6 is 11.3 Å². The molecule has 0 fully saturated rings. The van der Waals surface area contributed by atoms with Crippen molar-refractivity contribution in [2.75, 3.05) is 19.1 Å². The minimum atomic E-state index is -2.91. The molecule has 3 nitrogen and oxygen atoms in total. The van der Waals surface area contributed by atoms with Gasteiger partial charge in [0.05, 0.1) is 0 Å². The Hall–Kier alpha value is -0.980. The second-order valence-electron chi connectivity index (χ2n) is 4.94. The molecule has 2 aromatic rings. The first-order valence-corrected chi connectivity index (χ1v) is 9.31.